The van der Waals surface area contributed by atoms with E-state index < -0.39 is 0 Å². The molecule has 2 rings (SSSR count). The first-order chi connectivity index (χ1) is 10.6. The van der Waals surface area contributed by atoms with Crippen molar-refractivity contribution in [2.75, 3.05) is 14.2 Å². The van der Waals surface area contributed by atoms with Crippen LogP contribution in [0.4, 0.5) is 0 Å². The molecular formula is C19H23NO2. The highest BCUT2D eigenvalue weighted by atomic mass is 16.5. The minimum absolute atomic E-state index is 0.285. The molecule has 0 aromatic heterocycles. The third-order valence-electron chi connectivity index (χ3n) is 3.91. The van der Waals surface area contributed by atoms with Gasteiger partial charge in [0.2, 0.25) is 0 Å². The molecule has 2 aromatic rings. The number of rotatable bonds is 6. The lowest BCUT2D eigenvalue weighted by molar-refractivity contribution is 0.0600. The van der Waals surface area contributed by atoms with Crippen LogP contribution < -0.4 is 0 Å². The summed E-state index contributed by atoms with van der Waals surface area (Å²) in [5.41, 5.74) is 3.06. The predicted octanol–water partition coefficient (Wildman–Crippen LogP) is 3.54. The van der Waals surface area contributed by atoms with Gasteiger partial charge in [0.25, 0.3) is 0 Å². The molecule has 0 radical (unpaired) electrons. The molecule has 0 saturated carbocycles. The monoisotopic (exact) mass is 297 g/mol. The van der Waals surface area contributed by atoms with Gasteiger partial charge in [-0.15, -0.1) is 0 Å². The van der Waals surface area contributed by atoms with Gasteiger partial charge in [-0.1, -0.05) is 42.5 Å². The zero-order chi connectivity index (χ0) is 15.9. The van der Waals surface area contributed by atoms with Crippen molar-refractivity contribution in [1.82, 2.24) is 4.90 Å². The van der Waals surface area contributed by atoms with Crippen LogP contribution in [0.3, 0.4) is 0 Å². The molecule has 0 aliphatic rings. The first-order valence-electron chi connectivity index (χ1n) is 7.51. The molecule has 0 aliphatic heterocycles. The molecule has 1 atom stereocenters. The van der Waals surface area contributed by atoms with Gasteiger partial charge in [-0.3, -0.25) is 4.90 Å². The van der Waals surface area contributed by atoms with Gasteiger partial charge >= 0.3 is 5.97 Å². The van der Waals surface area contributed by atoms with Crippen LogP contribution in [0.25, 0.3) is 0 Å². The highest BCUT2D eigenvalue weighted by Gasteiger charge is 2.12. The maximum Gasteiger partial charge on any atom is 0.337 e. The van der Waals surface area contributed by atoms with Gasteiger partial charge in [-0.05, 0) is 43.7 Å². The van der Waals surface area contributed by atoms with Crippen molar-refractivity contribution in [2.24, 2.45) is 0 Å². The first kappa shape index (κ1) is 16.2. The fraction of sp³-hybridized carbons (Fsp3) is 0.316. The molecule has 0 fully saturated rings. The lowest BCUT2D eigenvalue weighted by atomic mass is 10.0. The molecule has 0 spiro atoms. The van der Waals surface area contributed by atoms with Crippen molar-refractivity contribution in [2.45, 2.75) is 25.9 Å². The zero-order valence-electron chi connectivity index (χ0n) is 13.5. The fourth-order valence-corrected chi connectivity index (χ4v) is 2.47. The van der Waals surface area contributed by atoms with Gasteiger partial charge < -0.3 is 4.74 Å². The number of benzene rings is 2. The summed E-state index contributed by atoms with van der Waals surface area (Å²) >= 11 is 0. The van der Waals surface area contributed by atoms with Crippen LogP contribution in [0.15, 0.2) is 54.6 Å². The number of hydrogen-bond donors (Lipinski definition) is 0. The van der Waals surface area contributed by atoms with Crippen LogP contribution in [0, 0.1) is 0 Å². The highest BCUT2D eigenvalue weighted by Crippen LogP contribution is 2.13. The van der Waals surface area contributed by atoms with Gasteiger partial charge in [0.15, 0.2) is 0 Å². The summed E-state index contributed by atoms with van der Waals surface area (Å²) in [5, 5.41) is 0. The molecule has 0 aliphatic carbocycles. The Morgan fingerprint density at radius 2 is 1.77 bits per heavy atom. The van der Waals surface area contributed by atoms with Crippen molar-refractivity contribution in [3.8, 4) is 0 Å². The van der Waals surface area contributed by atoms with E-state index in [1.165, 1.54) is 12.7 Å². The normalized spacial score (nSPS) is 12.2. The molecule has 3 nitrogen and oxygen atoms in total. The Bertz CT molecular complexity index is 610. The number of carbonyl (C=O) groups is 1. The van der Waals surface area contributed by atoms with Gasteiger partial charge in [-0.2, -0.15) is 0 Å². The number of carbonyl (C=O) groups excluding carboxylic acids is 1. The number of hydrogen-bond acceptors (Lipinski definition) is 3. The summed E-state index contributed by atoms with van der Waals surface area (Å²) in [6, 6.07) is 18.5. The third-order valence-corrected chi connectivity index (χ3v) is 3.91. The quantitative estimate of drug-likeness (QED) is 0.764. The second kappa shape index (κ2) is 7.76. The smallest absolute Gasteiger partial charge is 0.337 e. The molecule has 3 heteroatoms. The van der Waals surface area contributed by atoms with E-state index in [0.717, 1.165) is 18.5 Å². The molecule has 0 heterocycles. The lowest BCUT2D eigenvalue weighted by Gasteiger charge is -2.25. The minimum Gasteiger partial charge on any atom is -0.465 e. The third kappa shape index (κ3) is 4.43. The van der Waals surface area contributed by atoms with Crippen LogP contribution in [0.5, 0.6) is 0 Å². The van der Waals surface area contributed by atoms with E-state index in [-0.39, 0.29) is 5.97 Å². The number of nitrogens with zero attached hydrogens (tertiary/aromatic N) is 1. The molecule has 0 amide bonds. The van der Waals surface area contributed by atoms with E-state index in [1.807, 2.05) is 18.2 Å². The van der Waals surface area contributed by atoms with E-state index in [0.29, 0.717) is 11.6 Å². The molecular weight excluding hydrogens is 274 g/mol. The number of likely N-dealkylation sites (N-methyl/N-ethyl adjacent to an activating group) is 1. The van der Waals surface area contributed by atoms with Crippen LogP contribution >= 0.6 is 0 Å². The Labute approximate surface area is 132 Å². The van der Waals surface area contributed by atoms with E-state index in [2.05, 4.69) is 49.2 Å². The fourth-order valence-electron chi connectivity index (χ4n) is 2.47. The summed E-state index contributed by atoms with van der Waals surface area (Å²) in [7, 11) is 3.53. The molecule has 0 saturated heterocycles. The van der Waals surface area contributed by atoms with Gasteiger partial charge in [0, 0.05) is 12.6 Å². The average Bonchev–Trinajstić information content (AvgIpc) is 2.55. The molecule has 2 aromatic carbocycles. The number of methoxy groups -OCH3 is 1. The predicted molar refractivity (Wildman–Crippen MR) is 88.9 cm³/mol. The maximum atomic E-state index is 11.6. The van der Waals surface area contributed by atoms with E-state index in [1.54, 1.807) is 6.07 Å². The van der Waals surface area contributed by atoms with Crippen molar-refractivity contribution in [1.29, 1.82) is 0 Å². The Hall–Kier alpha value is -2.13. The Morgan fingerprint density at radius 3 is 2.45 bits per heavy atom. The SMILES string of the molecule is COC(=O)c1cccc(C[C@H](C)N(C)Cc2ccccc2)c1. The summed E-state index contributed by atoms with van der Waals surface area (Å²) in [5.74, 6) is -0.285. The standard InChI is InChI=1S/C19H23NO2/c1-15(20(2)14-16-8-5-4-6-9-16)12-17-10-7-11-18(13-17)19(21)22-3/h4-11,13,15H,12,14H2,1-3H3/t15-/m0/s1. The van der Waals surface area contributed by atoms with Crippen LogP contribution in [-0.2, 0) is 17.7 Å². The van der Waals surface area contributed by atoms with E-state index in [9.17, 15) is 4.79 Å². The maximum absolute atomic E-state index is 11.6. The second-order valence-electron chi connectivity index (χ2n) is 5.65. The van der Waals surface area contributed by atoms with Crippen LogP contribution in [0.2, 0.25) is 0 Å². The van der Waals surface area contributed by atoms with Gasteiger partial charge in [-0.25, -0.2) is 4.79 Å². The largest absolute Gasteiger partial charge is 0.465 e. The summed E-state index contributed by atoms with van der Waals surface area (Å²) in [6.45, 7) is 3.12. The van der Waals surface area contributed by atoms with Crippen molar-refractivity contribution >= 4 is 5.97 Å². The van der Waals surface area contributed by atoms with Crippen LogP contribution in [-0.4, -0.2) is 31.1 Å². The molecule has 22 heavy (non-hydrogen) atoms. The van der Waals surface area contributed by atoms with Crippen molar-refractivity contribution in [3.05, 3.63) is 71.3 Å². The number of ether oxygens (including phenoxy) is 1. The lowest BCUT2D eigenvalue weighted by Crippen LogP contribution is -2.30. The van der Waals surface area contributed by atoms with Crippen molar-refractivity contribution in [3.63, 3.8) is 0 Å². The highest BCUT2D eigenvalue weighted by molar-refractivity contribution is 5.89. The number of esters is 1. The van der Waals surface area contributed by atoms with E-state index in [4.69, 9.17) is 4.74 Å². The average molecular weight is 297 g/mol. The molecule has 0 N–H and O–H groups in total. The summed E-state index contributed by atoms with van der Waals surface area (Å²) in [6.07, 6.45) is 0.897. The van der Waals surface area contributed by atoms with Gasteiger partial charge in [0.1, 0.15) is 0 Å². The molecule has 116 valence electrons. The van der Waals surface area contributed by atoms with E-state index >= 15 is 0 Å². The second-order valence-corrected chi connectivity index (χ2v) is 5.65. The minimum atomic E-state index is -0.285. The summed E-state index contributed by atoms with van der Waals surface area (Å²) < 4.78 is 4.77. The Balaban J connectivity index is 1.99. The zero-order valence-corrected chi connectivity index (χ0v) is 13.5. The van der Waals surface area contributed by atoms with Crippen LogP contribution in [0.1, 0.15) is 28.4 Å². The topological polar surface area (TPSA) is 29.5 Å². The van der Waals surface area contributed by atoms with Crippen molar-refractivity contribution < 1.29 is 9.53 Å². The van der Waals surface area contributed by atoms with Gasteiger partial charge in [0.05, 0.1) is 12.7 Å². The first-order valence-corrected chi connectivity index (χ1v) is 7.51. The molecule has 0 bridgehead atoms. The molecule has 0 unspecified atom stereocenters. The summed E-state index contributed by atoms with van der Waals surface area (Å²) in [4.78, 5) is 13.9. The Kier molecular flexibility index (Phi) is 5.73. The Morgan fingerprint density at radius 1 is 1.09 bits per heavy atom.